The number of imide groups is 1. The zero-order chi connectivity index (χ0) is 16.3. The van der Waals surface area contributed by atoms with Crippen LogP contribution in [0.1, 0.15) is 18.9 Å². The molecule has 0 radical (unpaired) electrons. The highest BCUT2D eigenvalue weighted by molar-refractivity contribution is 6.42. The Labute approximate surface area is 138 Å². The number of benzene rings is 1. The molecule has 1 fully saturated rings. The summed E-state index contributed by atoms with van der Waals surface area (Å²) in [5, 5.41) is 0.836. The van der Waals surface area contributed by atoms with Gasteiger partial charge in [0.2, 0.25) is 11.8 Å². The van der Waals surface area contributed by atoms with Crippen molar-refractivity contribution in [1.29, 1.82) is 0 Å². The molecule has 1 unspecified atom stereocenters. The monoisotopic (exact) mass is 343 g/mol. The van der Waals surface area contributed by atoms with Gasteiger partial charge in [-0.25, -0.2) is 0 Å². The fourth-order valence-corrected chi connectivity index (χ4v) is 2.68. The zero-order valence-corrected chi connectivity index (χ0v) is 13.5. The summed E-state index contributed by atoms with van der Waals surface area (Å²) in [5.41, 5.74) is 0.818. The van der Waals surface area contributed by atoms with E-state index in [1.54, 1.807) is 25.1 Å². The molecular formula is C15H15Cl2NO4. The first-order valence-corrected chi connectivity index (χ1v) is 7.61. The maximum Gasteiger partial charge on any atom is 0.326 e. The van der Waals surface area contributed by atoms with E-state index in [9.17, 15) is 14.4 Å². The predicted octanol–water partition coefficient (Wildman–Crippen LogP) is 2.47. The Morgan fingerprint density at radius 3 is 2.68 bits per heavy atom. The molecular weight excluding hydrogens is 329 g/mol. The molecule has 0 spiro atoms. The number of hydrogen-bond acceptors (Lipinski definition) is 4. The summed E-state index contributed by atoms with van der Waals surface area (Å²) in [4.78, 5) is 36.5. The average molecular weight is 344 g/mol. The maximum atomic E-state index is 12.3. The first-order valence-electron chi connectivity index (χ1n) is 6.86. The Bertz CT molecular complexity index is 618. The highest BCUT2D eigenvalue weighted by atomic mass is 35.5. The third-order valence-corrected chi connectivity index (χ3v) is 4.14. The molecule has 118 valence electrons. The molecule has 1 aromatic carbocycles. The number of nitrogens with zero attached hydrogens (tertiary/aromatic N) is 1. The van der Waals surface area contributed by atoms with Crippen LogP contribution in [0, 0.1) is 5.92 Å². The molecule has 1 heterocycles. The second kappa shape index (κ2) is 7.11. The lowest BCUT2D eigenvalue weighted by Crippen LogP contribution is -2.36. The van der Waals surface area contributed by atoms with Crippen LogP contribution in [0.5, 0.6) is 0 Å². The highest BCUT2D eigenvalue weighted by Crippen LogP contribution is 2.27. The van der Waals surface area contributed by atoms with Gasteiger partial charge >= 0.3 is 5.97 Å². The van der Waals surface area contributed by atoms with Crippen LogP contribution in [0.2, 0.25) is 10.0 Å². The van der Waals surface area contributed by atoms with Crippen molar-refractivity contribution >= 4 is 41.0 Å². The summed E-state index contributed by atoms with van der Waals surface area (Å²) >= 11 is 11.8. The van der Waals surface area contributed by atoms with E-state index in [0.717, 1.165) is 10.5 Å². The quantitative estimate of drug-likeness (QED) is 0.608. The number of esters is 1. The largest absolute Gasteiger partial charge is 0.465 e. The fraction of sp³-hybridized carbons (Fsp3) is 0.400. The number of ether oxygens (including phenoxy) is 1. The lowest BCUT2D eigenvalue weighted by molar-refractivity contribution is -0.152. The highest BCUT2D eigenvalue weighted by Gasteiger charge is 2.39. The average Bonchev–Trinajstić information content (AvgIpc) is 2.71. The summed E-state index contributed by atoms with van der Waals surface area (Å²) < 4.78 is 4.77. The third kappa shape index (κ3) is 3.78. The van der Waals surface area contributed by atoms with Gasteiger partial charge in [0, 0.05) is 6.42 Å². The molecule has 0 bridgehead atoms. The molecule has 1 aliphatic rings. The van der Waals surface area contributed by atoms with E-state index in [4.69, 9.17) is 27.9 Å². The van der Waals surface area contributed by atoms with Crippen molar-refractivity contribution in [3.8, 4) is 0 Å². The molecule has 0 aromatic heterocycles. The van der Waals surface area contributed by atoms with Gasteiger partial charge in [0.25, 0.3) is 0 Å². The van der Waals surface area contributed by atoms with E-state index >= 15 is 0 Å². The van der Waals surface area contributed by atoms with Crippen molar-refractivity contribution in [3.05, 3.63) is 33.8 Å². The van der Waals surface area contributed by atoms with Crippen LogP contribution in [-0.2, 0) is 25.5 Å². The summed E-state index contributed by atoms with van der Waals surface area (Å²) in [6.45, 7) is 1.55. The minimum atomic E-state index is -0.584. The summed E-state index contributed by atoms with van der Waals surface area (Å²) in [5.74, 6) is -1.79. The van der Waals surface area contributed by atoms with Crippen molar-refractivity contribution in [2.24, 2.45) is 5.92 Å². The molecule has 0 saturated carbocycles. The smallest absolute Gasteiger partial charge is 0.326 e. The Hall–Kier alpha value is -1.59. The van der Waals surface area contributed by atoms with Crippen LogP contribution in [0.25, 0.3) is 0 Å². The SMILES string of the molecule is CCOC(=O)CN1C(=O)CC(Cc2ccc(Cl)c(Cl)c2)C1=O. The Morgan fingerprint density at radius 2 is 2.05 bits per heavy atom. The number of carbonyl (C=O) groups is 3. The van der Waals surface area contributed by atoms with Crippen LogP contribution in [0.3, 0.4) is 0 Å². The minimum Gasteiger partial charge on any atom is -0.465 e. The molecule has 2 rings (SSSR count). The molecule has 0 aliphatic carbocycles. The molecule has 1 saturated heterocycles. The predicted molar refractivity (Wildman–Crippen MR) is 81.6 cm³/mol. The molecule has 0 N–H and O–H groups in total. The van der Waals surface area contributed by atoms with Gasteiger partial charge in [-0.15, -0.1) is 0 Å². The number of amides is 2. The van der Waals surface area contributed by atoms with Gasteiger partial charge in [0.15, 0.2) is 0 Å². The van der Waals surface area contributed by atoms with E-state index < -0.39 is 11.9 Å². The molecule has 22 heavy (non-hydrogen) atoms. The topological polar surface area (TPSA) is 63.7 Å². The van der Waals surface area contributed by atoms with Gasteiger partial charge in [-0.3, -0.25) is 19.3 Å². The van der Waals surface area contributed by atoms with Gasteiger partial charge < -0.3 is 4.74 Å². The number of likely N-dealkylation sites (tertiary alicyclic amines) is 1. The minimum absolute atomic E-state index is 0.0818. The van der Waals surface area contributed by atoms with Crippen molar-refractivity contribution < 1.29 is 19.1 Å². The van der Waals surface area contributed by atoms with Crippen LogP contribution in [0.15, 0.2) is 18.2 Å². The number of halogens is 2. The zero-order valence-electron chi connectivity index (χ0n) is 12.0. The van der Waals surface area contributed by atoms with Gasteiger partial charge in [-0.05, 0) is 31.0 Å². The van der Waals surface area contributed by atoms with Gasteiger partial charge in [0.05, 0.1) is 22.6 Å². The van der Waals surface area contributed by atoms with E-state index in [1.807, 2.05) is 0 Å². The molecule has 1 aliphatic heterocycles. The molecule has 1 atom stereocenters. The Balaban J connectivity index is 2.04. The van der Waals surface area contributed by atoms with Crippen LogP contribution >= 0.6 is 23.2 Å². The van der Waals surface area contributed by atoms with Crippen molar-refractivity contribution in [2.75, 3.05) is 13.2 Å². The van der Waals surface area contributed by atoms with E-state index in [-0.39, 0.29) is 31.4 Å². The Kier molecular flexibility index (Phi) is 5.42. The maximum absolute atomic E-state index is 12.3. The van der Waals surface area contributed by atoms with Crippen molar-refractivity contribution in [3.63, 3.8) is 0 Å². The second-order valence-corrected chi connectivity index (χ2v) is 5.79. The van der Waals surface area contributed by atoms with E-state index in [1.165, 1.54) is 0 Å². The van der Waals surface area contributed by atoms with Crippen molar-refractivity contribution in [1.82, 2.24) is 4.90 Å². The Morgan fingerprint density at radius 1 is 1.32 bits per heavy atom. The molecule has 5 nitrogen and oxygen atoms in total. The first-order chi connectivity index (χ1) is 10.4. The second-order valence-electron chi connectivity index (χ2n) is 4.98. The molecule has 2 amide bonds. The summed E-state index contributed by atoms with van der Waals surface area (Å²) in [6.07, 6.45) is 0.458. The lowest BCUT2D eigenvalue weighted by Gasteiger charge is -2.14. The number of carbonyl (C=O) groups excluding carboxylic acids is 3. The first kappa shape index (κ1) is 16.8. The van der Waals surface area contributed by atoms with Gasteiger partial charge in [-0.2, -0.15) is 0 Å². The number of hydrogen-bond donors (Lipinski definition) is 0. The lowest BCUT2D eigenvalue weighted by atomic mass is 9.98. The molecule has 7 heteroatoms. The van der Waals surface area contributed by atoms with Crippen LogP contribution in [-0.4, -0.2) is 35.8 Å². The van der Waals surface area contributed by atoms with Crippen LogP contribution < -0.4 is 0 Å². The van der Waals surface area contributed by atoms with E-state index in [0.29, 0.717) is 16.5 Å². The van der Waals surface area contributed by atoms with Gasteiger partial charge in [0.1, 0.15) is 6.54 Å². The normalized spacial score (nSPS) is 18.0. The number of rotatable bonds is 5. The van der Waals surface area contributed by atoms with Crippen molar-refractivity contribution in [2.45, 2.75) is 19.8 Å². The van der Waals surface area contributed by atoms with E-state index in [2.05, 4.69) is 0 Å². The van der Waals surface area contributed by atoms with Crippen LogP contribution in [0.4, 0.5) is 0 Å². The molecule has 1 aromatic rings. The third-order valence-electron chi connectivity index (χ3n) is 3.40. The van der Waals surface area contributed by atoms with Gasteiger partial charge in [-0.1, -0.05) is 29.3 Å². The fourth-order valence-electron chi connectivity index (χ4n) is 2.36. The summed E-state index contributed by atoms with van der Waals surface area (Å²) in [7, 11) is 0. The standard InChI is InChI=1S/C15H15Cl2NO4/c1-2-22-14(20)8-18-13(19)7-10(15(18)21)5-9-3-4-11(16)12(17)6-9/h3-4,6,10H,2,5,7-8H2,1H3. The summed E-state index contributed by atoms with van der Waals surface area (Å²) in [6, 6.07) is 5.09.